The van der Waals surface area contributed by atoms with Crippen molar-refractivity contribution in [1.29, 1.82) is 0 Å². The summed E-state index contributed by atoms with van der Waals surface area (Å²) >= 11 is 18.3. The van der Waals surface area contributed by atoms with Crippen molar-refractivity contribution in [3.63, 3.8) is 0 Å². The number of rotatable bonds is 10. The molecule has 4 aromatic rings. The number of allylic oxidation sites excluding steroid dienone is 1. The molecule has 1 atom stereocenters. The Labute approximate surface area is 235 Å². The summed E-state index contributed by atoms with van der Waals surface area (Å²) in [6.07, 6.45) is 1.28. The van der Waals surface area contributed by atoms with Gasteiger partial charge in [-0.15, -0.1) is 28.1 Å². The number of ether oxygens (including phenoxy) is 1. The first-order chi connectivity index (χ1) is 17.3. The zero-order valence-electron chi connectivity index (χ0n) is 19.0. The minimum Gasteiger partial charge on any atom is -0.481 e. The van der Waals surface area contributed by atoms with Crippen LogP contribution in [0.25, 0.3) is 11.3 Å². The molecule has 0 aliphatic heterocycles. The third kappa shape index (κ3) is 6.68. The second-order valence-corrected chi connectivity index (χ2v) is 11.0. The molecular formula is C24H20BrCl2N5O2S2. The predicted molar refractivity (Wildman–Crippen MR) is 150 cm³/mol. The molecule has 2 aromatic heterocycles. The van der Waals surface area contributed by atoms with Crippen molar-refractivity contribution in [3.8, 4) is 17.0 Å². The van der Waals surface area contributed by atoms with E-state index in [1.165, 1.54) is 23.1 Å². The summed E-state index contributed by atoms with van der Waals surface area (Å²) in [5.74, 6) is 1.02. The van der Waals surface area contributed by atoms with Gasteiger partial charge >= 0.3 is 0 Å². The molecule has 1 amide bonds. The maximum absolute atomic E-state index is 12.6. The molecule has 0 aliphatic rings. The Hall–Kier alpha value is -2.37. The summed E-state index contributed by atoms with van der Waals surface area (Å²) in [5.41, 5.74) is 1.78. The van der Waals surface area contributed by atoms with Crippen LogP contribution in [0.4, 0.5) is 5.13 Å². The van der Waals surface area contributed by atoms with E-state index in [1.807, 2.05) is 41.1 Å². The molecular weight excluding hydrogens is 605 g/mol. The van der Waals surface area contributed by atoms with Gasteiger partial charge in [0.1, 0.15) is 5.75 Å². The van der Waals surface area contributed by atoms with Crippen molar-refractivity contribution in [3.05, 3.63) is 80.8 Å². The Kier molecular flexibility index (Phi) is 9.08. The molecule has 2 aromatic carbocycles. The van der Waals surface area contributed by atoms with Crippen LogP contribution in [0.1, 0.15) is 18.9 Å². The number of hydrogen-bond donors (Lipinski definition) is 1. The third-order valence-corrected chi connectivity index (χ3v) is 7.62. The van der Waals surface area contributed by atoms with Crippen LogP contribution in [-0.2, 0) is 11.3 Å². The predicted octanol–water partition coefficient (Wildman–Crippen LogP) is 7.53. The maximum Gasteiger partial charge on any atom is 0.236 e. The average Bonchev–Trinajstić information content (AvgIpc) is 3.47. The average molecular weight is 625 g/mol. The van der Waals surface area contributed by atoms with Crippen molar-refractivity contribution in [2.75, 3.05) is 11.1 Å². The molecule has 1 N–H and O–H groups in total. The fraction of sp³-hybridized carbons (Fsp3) is 0.167. The Balaban J connectivity index is 1.39. The highest BCUT2D eigenvalue weighted by Crippen LogP contribution is 2.32. The van der Waals surface area contributed by atoms with E-state index in [4.69, 9.17) is 27.9 Å². The highest BCUT2D eigenvalue weighted by Gasteiger charge is 2.21. The molecule has 0 aliphatic carbocycles. The van der Waals surface area contributed by atoms with Gasteiger partial charge in [-0.1, -0.05) is 69.1 Å². The number of thioether (sulfide) groups is 1. The lowest BCUT2D eigenvalue weighted by molar-refractivity contribution is -0.113. The lowest BCUT2D eigenvalue weighted by Gasteiger charge is -2.16. The fourth-order valence-electron chi connectivity index (χ4n) is 3.19. The van der Waals surface area contributed by atoms with Gasteiger partial charge in [-0.3, -0.25) is 9.36 Å². The van der Waals surface area contributed by atoms with Gasteiger partial charge in [0.05, 0.1) is 16.5 Å². The summed E-state index contributed by atoms with van der Waals surface area (Å²) in [5, 5.41) is 15.3. The summed E-state index contributed by atoms with van der Waals surface area (Å²) < 4.78 is 8.84. The van der Waals surface area contributed by atoms with Gasteiger partial charge in [0.25, 0.3) is 0 Å². The highest BCUT2D eigenvalue weighted by atomic mass is 79.9. The molecule has 1 unspecified atom stereocenters. The minimum absolute atomic E-state index is 0.140. The molecule has 2 heterocycles. The van der Waals surface area contributed by atoms with Crippen molar-refractivity contribution < 1.29 is 9.53 Å². The third-order valence-electron chi connectivity index (χ3n) is 4.84. The number of aromatic nitrogens is 4. The molecule has 36 heavy (non-hydrogen) atoms. The first-order valence-electron chi connectivity index (χ1n) is 10.6. The van der Waals surface area contributed by atoms with Crippen LogP contribution in [0.15, 0.2) is 70.1 Å². The summed E-state index contributed by atoms with van der Waals surface area (Å²) in [6, 6.07) is 12.9. The molecule has 4 rings (SSSR count). The van der Waals surface area contributed by atoms with Crippen molar-refractivity contribution in [2.45, 2.75) is 24.7 Å². The Morgan fingerprint density at radius 1 is 1.28 bits per heavy atom. The smallest absolute Gasteiger partial charge is 0.236 e. The topological polar surface area (TPSA) is 81.9 Å². The van der Waals surface area contributed by atoms with Crippen LogP contribution in [0.3, 0.4) is 0 Å². The maximum atomic E-state index is 12.6. The zero-order chi connectivity index (χ0) is 25.7. The molecule has 0 radical (unpaired) electrons. The van der Waals surface area contributed by atoms with Crippen LogP contribution in [0.5, 0.6) is 5.75 Å². The quantitative estimate of drug-likeness (QED) is 0.145. The van der Waals surface area contributed by atoms with Gasteiger partial charge in [0, 0.05) is 27.0 Å². The second kappa shape index (κ2) is 12.2. The Bertz CT molecular complexity index is 1380. The summed E-state index contributed by atoms with van der Waals surface area (Å²) in [6.45, 7) is 6.12. The number of anilines is 1. The molecule has 12 heteroatoms. The van der Waals surface area contributed by atoms with Crippen LogP contribution >= 0.6 is 62.2 Å². The molecule has 7 nitrogen and oxygen atoms in total. The minimum atomic E-state index is -0.452. The normalized spacial score (nSPS) is 11.8. The number of benzene rings is 2. The van der Waals surface area contributed by atoms with Crippen molar-refractivity contribution in [2.24, 2.45) is 0 Å². The van der Waals surface area contributed by atoms with Gasteiger partial charge in [0.2, 0.25) is 5.91 Å². The van der Waals surface area contributed by atoms with E-state index in [2.05, 4.69) is 43.0 Å². The standard InChI is InChI=1S/C24H20BrCl2N5O2S2/c1-3-10-32-22(14(2)34-20-9-8-17(26)11-18(20)27)30-31-24(32)36-13-21(33)29-23-28-19(12-35-23)15-4-6-16(25)7-5-15/h3-9,11-12,14H,1,10,13H2,2H3,(H,28,29,33). The largest absolute Gasteiger partial charge is 0.481 e. The van der Waals surface area contributed by atoms with E-state index in [1.54, 1.807) is 24.3 Å². The number of carbonyl (C=O) groups excluding carboxylic acids is 1. The number of hydrogen-bond acceptors (Lipinski definition) is 7. The van der Waals surface area contributed by atoms with E-state index in [0.29, 0.717) is 38.5 Å². The van der Waals surface area contributed by atoms with Crippen molar-refractivity contribution in [1.82, 2.24) is 19.7 Å². The fourth-order valence-corrected chi connectivity index (χ4v) is 5.40. The van der Waals surface area contributed by atoms with Crippen LogP contribution in [-0.4, -0.2) is 31.4 Å². The second-order valence-electron chi connectivity index (χ2n) is 7.46. The molecule has 0 spiro atoms. The first-order valence-corrected chi connectivity index (χ1v) is 14.0. The number of nitrogens with zero attached hydrogens (tertiary/aromatic N) is 4. The van der Waals surface area contributed by atoms with Gasteiger partial charge in [0.15, 0.2) is 22.2 Å². The Morgan fingerprint density at radius 3 is 2.78 bits per heavy atom. The number of nitrogens with one attached hydrogen (secondary N) is 1. The van der Waals surface area contributed by atoms with E-state index < -0.39 is 6.10 Å². The highest BCUT2D eigenvalue weighted by molar-refractivity contribution is 9.10. The van der Waals surface area contributed by atoms with E-state index in [9.17, 15) is 4.79 Å². The van der Waals surface area contributed by atoms with Gasteiger partial charge in [-0.2, -0.15) is 0 Å². The van der Waals surface area contributed by atoms with E-state index in [0.717, 1.165) is 15.7 Å². The summed E-state index contributed by atoms with van der Waals surface area (Å²) in [7, 11) is 0. The van der Waals surface area contributed by atoms with Crippen molar-refractivity contribution >= 4 is 73.3 Å². The molecule has 0 bridgehead atoms. The SMILES string of the molecule is C=CCn1c(SCC(=O)Nc2nc(-c3ccc(Br)cc3)cs2)nnc1C(C)Oc1ccc(Cl)cc1Cl. The first kappa shape index (κ1) is 26.7. The zero-order valence-corrected chi connectivity index (χ0v) is 23.7. The number of thiazole rings is 1. The molecule has 0 saturated carbocycles. The van der Waals surface area contributed by atoms with E-state index >= 15 is 0 Å². The lowest BCUT2D eigenvalue weighted by atomic mass is 10.2. The van der Waals surface area contributed by atoms with Crippen LogP contribution < -0.4 is 10.1 Å². The Morgan fingerprint density at radius 2 is 2.06 bits per heavy atom. The lowest BCUT2D eigenvalue weighted by Crippen LogP contribution is -2.15. The molecule has 0 fully saturated rings. The number of halogens is 3. The number of carbonyl (C=O) groups is 1. The van der Waals surface area contributed by atoms with Gasteiger partial charge in [-0.05, 0) is 37.3 Å². The van der Waals surface area contributed by atoms with Crippen LogP contribution in [0, 0.1) is 0 Å². The summed E-state index contributed by atoms with van der Waals surface area (Å²) in [4.78, 5) is 17.1. The molecule has 186 valence electrons. The number of amides is 1. The monoisotopic (exact) mass is 623 g/mol. The molecule has 0 saturated heterocycles. The van der Waals surface area contributed by atoms with Crippen LogP contribution in [0.2, 0.25) is 10.0 Å². The van der Waals surface area contributed by atoms with Gasteiger partial charge in [-0.25, -0.2) is 4.98 Å². The van der Waals surface area contributed by atoms with Gasteiger partial charge < -0.3 is 10.1 Å². The van der Waals surface area contributed by atoms with E-state index in [-0.39, 0.29) is 11.7 Å².